The first-order valence-corrected chi connectivity index (χ1v) is 4.22. The molecule has 0 aromatic rings. The SMILES string of the molecule is O[Si](O)(O)OCCCl. The highest BCUT2D eigenvalue weighted by molar-refractivity contribution is 6.48. The van der Waals surface area contributed by atoms with E-state index >= 15 is 0 Å². The molecule has 0 rings (SSSR count). The van der Waals surface area contributed by atoms with Crippen molar-refractivity contribution in [2.75, 3.05) is 12.5 Å². The van der Waals surface area contributed by atoms with Gasteiger partial charge >= 0.3 is 9.05 Å². The van der Waals surface area contributed by atoms with Gasteiger partial charge in [0, 0.05) is 5.88 Å². The Kier molecular flexibility index (Phi) is 3.53. The van der Waals surface area contributed by atoms with Crippen LogP contribution in [0, 0.1) is 0 Å². The van der Waals surface area contributed by atoms with Gasteiger partial charge in [0.2, 0.25) is 0 Å². The van der Waals surface area contributed by atoms with E-state index in [9.17, 15) is 0 Å². The molecule has 0 amide bonds. The Hall–Kier alpha value is 0.347. The molecular formula is C2H7ClO4Si. The van der Waals surface area contributed by atoms with Gasteiger partial charge in [0.05, 0.1) is 6.61 Å². The Morgan fingerprint density at radius 3 is 2.00 bits per heavy atom. The molecule has 0 aliphatic rings. The third kappa shape index (κ3) is 6.35. The van der Waals surface area contributed by atoms with Crippen LogP contribution < -0.4 is 0 Å². The molecule has 50 valence electrons. The number of hydrogen-bond donors (Lipinski definition) is 3. The highest BCUT2D eigenvalue weighted by Gasteiger charge is 2.29. The summed E-state index contributed by atoms with van der Waals surface area (Å²) in [6.45, 7) is -0.0444. The zero-order valence-corrected chi connectivity index (χ0v) is 5.80. The summed E-state index contributed by atoms with van der Waals surface area (Å²) in [5.41, 5.74) is 0. The van der Waals surface area contributed by atoms with E-state index in [-0.39, 0.29) is 12.5 Å². The summed E-state index contributed by atoms with van der Waals surface area (Å²) in [6, 6.07) is 0. The lowest BCUT2D eigenvalue weighted by Crippen LogP contribution is -2.39. The summed E-state index contributed by atoms with van der Waals surface area (Å²) in [4.78, 5) is 24.4. The number of rotatable bonds is 3. The van der Waals surface area contributed by atoms with Crippen LogP contribution in [0.25, 0.3) is 0 Å². The van der Waals surface area contributed by atoms with Gasteiger partial charge in [0.25, 0.3) is 0 Å². The Labute approximate surface area is 52.8 Å². The van der Waals surface area contributed by atoms with Crippen molar-refractivity contribution >= 4 is 20.6 Å². The van der Waals surface area contributed by atoms with Crippen molar-refractivity contribution in [1.82, 2.24) is 0 Å². The molecule has 3 N–H and O–H groups in total. The van der Waals surface area contributed by atoms with Gasteiger partial charge in [-0.15, -0.1) is 11.6 Å². The lowest BCUT2D eigenvalue weighted by atomic mass is 10.9. The first kappa shape index (κ1) is 8.35. The maximum Gasteiger partial charge on any atom is 0.671 e. The van der Waals surface area contributed by atoms with E-state index in [4.69, 9.17) is 26.0 Å². The first-order chi connectivity index (χ1) is 3.56. The zero-order chi connectivity index (χ0) is 6.62. The Morgan fingerprint density at radius 1 is 1.38 bits per heavy atom. The molecule has 0 aliphatic carbocycles. The first-order valence-electron chi connectivity index (χ1n) is 1.93. The lowest BCUT2D eigenvalue weighted by molar-refractivity contribution is 0.0694. The van der Waals surface area contributed by atoms with E-state index in [0.29, 0.717) is 0 Å². The topological polar surface area (TPSA) is 69.9 Å². The minimum absolute atomic E-state index is 0.0444. The van der Waals surface area contributed by atoms with Crippen LogP contribution in [0.2, 0.25) is 0 Å². The molecule has 0 saturated heterocycles. The molecule has 4 nitrogen and oxygen atoms in total. The fourth-order valence-corrected chi connectivity index (χ4v) is 0.758. The highest BCUT2D eigenvalue weighted by atomic mass is 35.5. The van der Waals surface area contributed by atoms with Crippen molar-refractivity contribution in [1.29, 1.82) is 0 Å². The maximum atomic E-state index is 8.12. The fourth-order valence-electron chi connectivity index (χ4n) is 0.176. The van der Waals surface area contributed by atoms with E-state index in [1.807, 2.05) is 0 Å². The number of hydrogen-bond acceptors (Lipinski definition) is 4. The van der Waals surface area contributed by atoms with Crippen LogP contribution in [0.1, 0.15) is 0 Å². The van der Waals surface area contributed by atoms with Crippen molar-refractivity contribution in [3.05, 3.63) is 0 Å². The molecule has 0 radical (unpaired) electrons. The molecule has 0 spiro atoms. The van der Waals surface area contributed by atoms with Crippen LogP contribution in [0.15, 0.2) is 0 Å². The molecule has 0 atom stereocenters. The molecule has 0 bridgehead atoms. The van der Waals surface area contributed by atoms with Gasteiger partial charge in [-0.05, 0) is 0 Å². The average Bonchev–Trinajstić information content (AvgIpc) is 1.59. The average molecular weight is 159 g/mol. The summed E-state index contributed by atoms with van der Waals surface area (Å²) in [5, 5.41) is 0. The molecule has 0 fully saturated rings. The van der Waals surface area contributed by atoms with Crippen molar-refractivity contribution in [2.45, 2.75) is 0 Å². The van der Waals surface area contributed by atoms with Crippen molar-refractivity contribution in [3.63, 3.8) is 0 Å². The molecule has 0 heterocycles. The molecule has 6 heteroatoms. The molecule has 0 aliphatic heterocycles. The quantitative estimate of drug-likeness (QED) is 0.351. The molecule has 0 aromatic carbocycles. The monoisotopic (exact) mass is 158 g/mol. The second-order valence-electron chi connectivity index (χ2n) is 1.11. The van der Waals surface area contributed by atoms with Gasteiger partial charge in [-0.25, -0.2) is 0 Å². The van der Waals surface area contributed by atoms with Crippen LogP contribution in [-0.4, -0.2) is 35.9 Å². The van der Waals surface area contributed by atoms with E-state index in [1.54, 1.807) is 0 Å². The van der Waals surface area contributed by atoms with Crippen LogP contribution in [0.3, 0.4) is 0 Å². The summed E-state index contributed by atoms with van der Waals surface area (Å²) >= 11 is 5.07. The van der Waals surface area contributed by atoms with Crippen molar-refractivity contribution in [2.24, 2.45) is 0 Å². The maximum absolute atomic E-state index is 8.12. The van der Waals surface area contributed by atoms with Gasteiger partial charge < -0.3 is 18.8 Å². The van der Waals surface area contributed by atoms with Gasteiger partial charge in [-0.3, -0.25) is 0 Å². The van der Waals surface area contributed by atoms with Gasteiger partial charge in [0.15, 0.2) is 0 Å². The van der Waals surface area contributed by atoms with Gasteiger partial charge in [-0.2, -0.15) is 0 Å². The van der Waals surface area contributed by atoms with Crippen LogP contribution in [0.4, 0.5) is 0 Å². The number of halogens is 1. The zero-order valence-electron chi connectivity index (χ0n) is 4.04. The highest BCUT2D eigenvalue weighted by Crippen LogP contribution is 1.88. The predicted octanol–water partition coefficient (Wildman–Crippen LogP) is -1.35. The molecular weight excluding hydrogens is 152 g/mol. The van der Waals surface area contributed by atoms with E-state index in [2.05, 4.69) is 4.43 Å². The second-order valence-corrected chi connectivity index (χ2v) is 2.93. The molecule has 0 saturated carbocycles. The third-order valence-electron chi connectivity index (χ3n) is 0.373. The van der Waals surface area contributed by atoms with Gasteiger partial charge in [-0.1, -0.05) is 0 Å². The largest absolute Gasteiger partial charge is 0.671 e. The Balaban J connectivity index is 3.11. The van der Waals surface area contributed by atoms with Crippen molar-refractivity contribution < 1.29 is 18.8 Å². The van der Waals surface area contributed by atoms with Gasteiger partial charge in [0.1, 0.15) is 0 Å². The standard InChI is InChI=1S/C2H7ClO4Si/c3-1-2-7-8(4,5)6/h4-6H,1-2H2. The predicted molar refractivity (Wildman–Crippen MR) is 29.1 cm³/mol. The third-order valence-corrected chi connectivity index (χ3v) is 1.12. The number of alkyl halides is 1. The fraction of sp³-hybridized carbons (Fsp3) is 1.00. The second kappa shape index (κ2) is 3.39. The van der Waals surface area contributed by atoms with Crippen molar-refractivity contribution in [3.8, 4) is 0 Å². The molecule has 0 unspecified atom stereocenters. The normalized spacial score (nSPS) is 12.0. The summed E-state index contributed by atoms with van der Waals surface area (Å²) in [7, 11) is -4.26. The minimum Gasteiger partial charge on any atom is -0.368 e. The Morgan fingerprint density at radius 2 is 1.88 bits per heavy atom. The Bertz CT molecular complexity index is 61.5. The molecule has 8 heavy (non-hydrogen) atoms. The molecule has 0 aromatic heterocycles. The minimum atomic E-state index is -4.26. The van der Waals surface area contributed by atoms with Crippen LogP contribution in [0.5, 0.6) is 0 Å². The van der Waals surface area contributed by atoms with E-state index < -0.39 is 9.05 Å². The smallest absolute Gasteiger partial charge is 0.368 e. The van der Waals surface area contributed by atoms with Crippen LogP contribution >= 0.6 is 11.6 Å². The van der Waals surface area contributed by atoms with E-state index in [0.717, 1.165) is 0 Å². The summed E-state index contributed by atoms with van der Waals surface area (Å²) in [5.74, 6) is 0.135. The van der Waals surface area contributed by atoms with E-state index in [1.165, 1.54) is 0 Å². The summed E-state index contributed by atoms with van der Waals surface area (Å²) in [6.07, 6.45) is 0. The summed E-state index contributed by atoms with van der Waals surface area (Å²) < 4.78 is 4.05. The van der Waals surface area contributed by atoms with Crippen LogP contribution in [-0.2, 0) is 4.43 Å². The lowest BCUT2D eigenvalue weighted by Gasteiger charge is -2.06.